The highest BCUT2D eigenvalue weighted by molar-refractivity contribution is 6.62. The summed E-state index contributed by atoms with van der Waals surface area (Å²) in [5.41, 5.74) is -0.239. The smallest absolute Gasteiger partial charge is 0.489 e. The molecule has 0 radical (unpaired) electrons. The molecule has 1 atom stereocenters. The van der Waals surface area contributed by atoms with Crippen LogP contribution in [0.4, 0.5) is 0 Å². The monoisotopic (exact) mass is 244 g/mol. The number of hydrogen-bond donors (Lipinski definition) is 0. The first kappa shape index (κ1) is 13.4. The Kier molecular flexibility index (Phi) is 5.76. The Balaban J connectivity index is 2.80. The summed E-state index contributed by atoms with van der Waals surface area (Å²) < 4.78 is 22.7. The third-order valence-corrected chi connectivity index (χ3v) is 5.18. The Morgan fingerprint density at radius 3 is 1.94 bits per heavy atom. The van der Waals surface area contributed by atoms with Crippen LogP contribution in [-0.4, -0.2) is 34.4 Å². The van der Waals surface area contributed by atoms with Crippen molar-refractivity contribution in [2.45, 2.75) is 26.5 Å². The highest BCUT2D eigenvalue weighted by Gasteiger charge is 2.50. The predicted molar refractivity (Wildman–Crippen MR) is 63.8 cm³/mol. The van der Waals surface area contributed by atoms with Crippen molar-refractivity contribution in [3.8, 4) is 0 Å². The molecule has 0 N–H and O–H groups in total. The van der Waals surface area contributed by atoms with E-state index >= 15 is 0 Å². The van der Waals surface area contributed by atoms with Crippen molar-refractivity contribution in [1.29, 1.82) is 0 Å². The molecule has 0 fully saturated rings. The first-order valence-electron chi connectivity index (χ1n) is 5.69. The van der Waals surface area contributed by atoms with Gasteiger partial charge in [-0.15, -0.1) is 0 Å². The van der Waals surface area contributed by atoms with E-state index < -0.39 is 8.80 Å². The van der Waals surface area contributed by atoms with Gasteiger partial charge in [0.2, 0.25) is 0 Å². The minimum atomic E-state index is -2.75. The summed E-state index contributed by atoms with van der Waals surface area (Å²) in [5.74, 6) is 0. The maximum absolute atomic E-state index is 5.73. The minimum Gasteiger partial charge on any atom is -0.489 e. The molecule has 1 unspecified atom stereocenters. The van der Waals surface area contributed by atoms with E-state index in [4.69, 9.17) is 18.0 Å². The lowest BCUT2D eigenvalue weighted by Gasteiger charge is -2.33. The first-order valence-corrected chi connectivity index (χ1v) is 7.50. The van der Waals surface area contributed by atoms with Gasteiger partial charge in [-0.2, -0.15) is 0 Å². The van der Waals surface area contributed by atoms with Crippen LogP contribution in [0.5, 0.6) is 0 Å². The van der Waals surface area contributed by atoms with E-state index in [1.54, 1.807) is 6.26 Å². The van der Waals surface area contributed by atoms with Crippen LogP contribution in [0.3, 0.4) is 0 Å². The maximum Gasteiger partial charge on any atom is 0.548 e. The van der Waals surface area contributed by atoms with Crippen LogP contribution in [0.25, 0.3) is 0 Å². The zero-order valence-corrected chi connectivity index (χ0v) is 11.1. The van der Waals surface area contributed by atoms with Crippen molar-refractivity contribution >= 4 is 8.80 Å². The second kappa shape index (κ2) is 6.85. The number of ether oxygens (including phenoxy) is 1. The Bertz CT molecular complexity index is 235. The van der Waals surface area contributed by atoms with Crippen LogP contribution in [0.15, 0.2) is 24.5 Å². The van der Waals surface area contributed by atoms with Crippen LogP contribution in [-0.2, 0) is 18.0 Å². The summed E-state index contributed by atoms with van der Waals surface area (Å²) >= 11 is 0. The summed E-state index contributed by atoms with van der Waals surface area (Å²) in [6.07, 6.45) is 7.32. The van der Waals surface area contributed by atoms with E-state index in [-0.39, 0.29) is 5.73 Å². The lowest BCUT2D eigenvalue weighted by Crippen LogP contribution is -2.56. The zero-order chi connectivity index (χ0) is 11.9. The second-order valence-electron chi connectivity index (χ2n) is 3.17. The Morgan fingerprint density at radius 2 is 1.56 bits per heavy atom. The SMILES string of the molecule is CCO[Si](OCC)(OCC)C1C=CC=CO1. The van der Waals surface area contributed by atoms with Gasteiger partial charge in [-0.25, -0.2) is 0 Å². The molecule has 0 saturated carbocycles. The van der Waals surface area contributed by atoms with E-state index in [1.165, 1.54) is 0 Å². The Morgan fingerprint density at radius 1 is 1.00 bits per heavy atom. The Labute approximate surface area is 98.2 Å². The highest BCUT2D eigenvalue weighted by atomic mass is 28.4. The first-order chi connectivity index (χ1) is 7.79. The standard InChI is InChI=1S/C11H20O4Si/c1-4-13-16(14-5-2,15-6-3)11-9-7-8-10-12-11/h7-11H,4-6H2,1-3H3. The molecule has 1 aliphatic heterocycles. The zero-order valence-electron chi connectivity index (χ0n) is 10.1. The van der Waals surface area contributed by atoms with Crippen LogP contribution < -0.4 is 0 Å². The van der Waals surface area contributed by atoms with Crippen molar-refractivity contribution in [1.82, 2.24) is 0 Å². The molecule has 0 amide bonds. The van der Waals surface area contributed by atoms with Crippen LogP contribution in [0.1, 0.15) is 20.8 Å². The molecule has 1 heterocycles. The molecular weight excluding hydrogens is 224 g/mol. The largest absolute Gasteiger partial charge is 0.548 e. The molecule has 0 spiro atoms. The lowest BCUT2D eigenvalue weighted by atomic mass is 10.4. The molecule has 0 aromatic heterocycles. The van der Waals surface area contributed by atoms with E-state index in [9.17, 15) is 0 Å². The van der Waals surface area contributed by atoms with Gasteiger partial charge in [0.1, 0.15) is 0 Å². The minimum absolute atomic E-state index is 0.239. The summed E-state index contributed by atoms with van der Waals surface area (Å²) in [6, 6.07) is 0. The molecule has 4 nitrogen and oxygen atoms in total. The van der Waals surface area contributed by atoms with Crippen molar-refractivity contribution in [3.05, 3.63) is 24.5 Å². The van der Waals surface area contributed by atoms with E-state index in [0.717, 1.165) is 0 Å². The van der Waals surface area contributed by atoms with Gasteiger partial charge in [0.15, 0.2) is 5.73 Å². The molecule has 0 aromatic carbocycles. The van der Waals surface area contributed by atoms with E-state index in [0.29, 0.717) is 19.8 Å². The molecule has 1 aliphatic rings. The predicted octanol–water partition coefficient (Wildman–Crippen LogP) is 2.04. The lowest BCUT2D eigenvalue weighted by molar-refractivity contribution is 0.0292. The summed E-state index contributed by atoms with van der Waals surface area (Å²) in [5, 5.41) is 0. The summed E-state index contributed by atoms with van der Waals surface area (Å²) in [4.78, 5) is 0. The quantitative estimate of drug-likeness (QED) is 0.642. The van der Waals surface area contributed by atoms with Gasteiger partial charge in [0, 0.05) is 19.8 Å². The molecule has 16 heavy (non-hydrogen) atoms. The topological polar surface area (TPSA) is 36.9 Å². The van der Waals surface area contributed by atoms with Crippen molar-refractivity contribution in [3.63, 3.8) is 0 Å². The molecule has 92 valence electrons. The van der Waals surface area contributed by atoms with Gasteiger partial charge in [0.25, 0.3) is 0 Å². The number of rotatable bonds is 7. The number of hydrogen-bond acceptors (Lipinski definition) is 4. The summed E-state index contributed by atoms with van der Waals surface area (Å²) in [7, 11) is -2.75. The fourth-order valence-corrected chi connectivity index (χ4v) is 4.10. The highest BCUT2D eigenvalue weighted by Crippen LogP contribution is 2.21. The fraction of sp³-hybridized carbons (Fsp3) is 0.636. The van der Waals surface area contributed by atoms with Crippen LogP contribution in [0, 0.1) is 0 Å². The van der Waals surface area contributed by atoms with Gasteiger partial charge < -0.3 is 18.0 Å². The molecule has 0 aliphatic carbocycles. The van der Waals surface area contributed by atoms with Crippen molar-refractivity contribution < 1.29 is 18.0 Å². The molecule has 5 heteroatoms. The maximum atomic E-state index is 5.73. The average molecular weight is 244 g/mol. The molecular formula is C11H20O4Si. The third-order valence-electron chi connectivity index (χ3n) is 2.09. The average Bonchev–Trinajstić information content (AvgIpc) is 2.31. The van der Waals surface area contributed by atoms with E-state index in [1.807, 2.05) is 39.0 Å². The van der Waals surface area contributed by atoms with Gasteiger partial charge in [0.05, 0.1) is 6.26 Å². The Hall–Kier alpha value is -0.623. The van der Waals surface area contributed by atoms with Crippen molar-refractivity contribution in [2.75, 3.05) is 19.8 Å². The van der Waals surface area contributed by atoms with Gasteiger partial charge in [-0.3, -0.25) is 0 Å². The van der Waals surface area contributed by atoms with Crippen LogP contribution >= 0.6 is 0 Å². The van der Waals surface area contributed by atoms with E-state index in [2.05, 4.69) is 0 Å². The second-order valence-corrected chi connectivity index (χ2v) is 5.81. The van der Waals surface area contributed by atoms with Crippen molar-refractivity contribution in [2.24, 2.45) is 0 Å². The normalized spacial score (nSPS) is 19.8. The molecule has 0 aromatic rings. The van der Waals surface area contributed by atoms with Gasteiger partial charge in [-0.05, 0) is 32.9 Å². The fourth-order valence-electron chi connectivity index (χ4n) is 1.56. The number of allylic oxidation sites excluding steroid dienone is 2. The molecule has 0 saturated heterocycles. The summed E-state index contributed by atoms with van der Waals surface area (Å²) in [6.45, 7) is 7.48. The molecule has 1 rings (SSSR count). The van der Waals surface area contributed by atoms with Gasteiger partial charge in [-0.1, -0.05) is 6.08 Å². The van der Waals surface area contributed by atoms with Gasteiger partial charge >= 0.3 is 8.80 Å². The van der Waals surface area contributed by atoms with Crippen LogP contribution in [0.2, 0.25) is 0 Å². The third kappa shape index (κ3) is 3.18. The molecule has 0 bridgehead atoms.